The van der Waals surface area contributed by atoms with Gasteiger partial charge in [0.05, 0.1) is 7.11 Å². The summed E-state index contributed by atoms with van der Waals surface area (Å²) in [6, 6.07) is 3.76. The summed E-state index contributed by atoms with van der Waals surface area (Å²) >= 11 is 0. The van der Waals surface area contributed by atoms with Gasteiger partial charge in [0.2, 0.25) is 5.91 Å². The monoisotopic (exact) mass is 309 g/mol. The van der Waals surface area contributed by atoms with Crippen LogP contribution in [0.15, 0.2) is 18.2 Å². The first-order chi connectivity index (χ1) is 10.4. The number of ether oxygens (including phenoxy) is 1. The van der Waals surface area contributed by atoms with Crippen LogP contribution in [0.25, 0.3) is 0 Å². The van der Waals surface area contributed by atoms with Gasteiger partial charge < -0.3 is 10.1 Å². The smallest absolute Gasteiger partial charge is 0.321 e. The van der Waals surface area contributed by atoms with E-state index in [2.05, 4.69) is 10.1 Å². The first-order valence-electron chi connectivity index (χ1n) is 7.26. The van der Waals surface area contributed by atoms with Crippen molar-refractivity contribution in [3.63, 3.8) is 0 Å². The molecule has 2 saturated carbocycles. The van der Waals surface area contributed by atoms with Crippen molar-refractivity contribution in [1.29, 1.82) is 0 Å². The zero-order valence-electron chi connectivity index (χ0n) is 12.2. The van der Waals surface area contributed by atoms with E-state index in [1.54, 1.807) is 0 Å². The van der Waals surface area contributed by atoms with Crippen LogP contribution in [0.2, 0.25) is 0 Å². The van der Waals surface area contributed by atoms with Crippen LogP contribution in [0.1, 0.15) is 31.2 Å². The molecule has 0 saturated heterocycles. The van der Waals surface area contributed by atoms with Gasteiger partial charge in [0.25, 0.3) is 0 Å². The summed E-state index contributed by atoms with van der Waals surface area (Å²) in [5, 5.41) is 2.68. The van der Waals surface area contributed by atoms with Crippen molar-refractivity contribution in [3.05, 3.63) is 35.4 Å². The van der Waals surface area contributed by atoms with Crippen molar-refractivity contribution in [2.75, 3.05) is 13.7 Å². The lowest BCUT2D eigenvalue weighted by atomic mass is 9.94. The summed E-state index contributed by atoms with van der Waals surface area (Å²) in [5.74, 6) is -2.16. The molecule has 3 rings (SSSR count). The van der Waals surface area contributed by atoms with Gasteiger partial charge in [0, 0.05) is 17.5 Å². The number of esters is 1. The van der Waals surface area contributed by atoms with Crippen molar-refractivity contribution in [2.45, 2.75) is 31.1 Å². The lowest BCUT2D eigenvalue weighted by molar-refractivity contribution is -0.152. The molecule has 4 nitrogen and oxygen atoms in total. The van der Waals surface area contributed by atoms with E-state index in [9.17, 15) is 18.4 Å². The Labute approximate surface area is 126 Å². The Morgan fingerprint density at radius 3 is 2.23 bits per heavy atom. The minimum absolute atomic E-state index is 0.0261. The second-order valence-corrected chi connectivity index (χ2v) is 6.13. The molecule has 0 unspecified atom stereocenters. The lowest BCUT2D eigenvalue weighted by Gasteiger charge is -2.20. The molecule has 1 aromatic carbocycles. The van der Waals surface area contributed by atoms with E-state index in [4.69, 9.17) is 0 Å². The third-order valence-corrected chi connectivity index (χ3v) is 4.69. The number of carbonyl (C=O) groups excluding carboxylic acids is 2. The molecule has 2 aliphatic rings. The fourth-order valence-corrected chi connectivity index (χ4v) is 2.93. The highest BCUT2D eigenvalue weighted by Gasteiger charge is 2.58. The molecule has 0 aromatic heterocycles. The molecule has 0 spiro atoms. The number of benzene rings is 1. The fourth-order valence-electron chi connectivity index (χ4n) is 2.93. The lowest BCUT2D eigenvalue weighted by Crippen LogP contribution is -2.41. The summed E-state index contributed by atoms with van der Waals surface area (Å²) in [5.41, 5.74) is -1.77. The van der Waals surface area contributed by atoms with Gasteiger partial charge in [-0.05, 0) is 37.8 Å². The average Bonchev–Trinajstić information content (AvgIpc) is 3.39. The Morgan fingerprint density at radius 2 is 1.77 bits per heavy atom. The van der Waals surface area contributed by atoms with Gasteiger partial charge in [0.15, 0.2) is 0 Å². The second-order valence-electron chi connectivity index (χ2n) is 6.13. The van der Waals surface area contributed by atoms with E-state index in [0.29, 0.717) is 25.7 Å². The molecule has 118 valence electrons. The number of hydrogen-bond donors (Lipinski definition) is 1. The SMILES string of the molecule is COC(=O)C1(C(=O)NCC2(c3c(F)cccc3F)CC2)CC1. The van der Waals surface area contributed by atoms with Crippen molar-refractivity contribution in [3.8, 4) is 0 Å². The predicted molar refractivity (Wildman–Crippen MR) is 74.0 cm³/mol. The molecule has 1 aromatic rings. The normalized spacial score (nSPS) is 20.1. The molecular formula is C16H17F2NO3. The number of nitrogens with one attached hydrogen (secondary N) is 1. The van der Waals surface area contributed by atoms with Gasteiger partial charge >= 0.3 is 5.97 Å². The fraction of sp³-hybridized carbons (Fsp3) is 0.500. The van der Waals surface area contributed by atoms with E-state index in [1.807, 2.05) is 0 Å². The molecule has 0 aliphatic heterocycles. The van der Waals surface area contributed by atoms with Gasteiger partial charge in [-0.2, -0.15) is 0 Å². The zero-order chi connectivity index (χ0) is 16.0. The predicted octanol–water partition coefficient (Wildman–Crippen LogP) is 2.07. The Balaban J connectivity index is 1.72. The molecule has 1 amide bonds. The Bertz CT molecular complexity index is 616. The van der Waals surface area contributed by atoms with Gasteiger partial charge in [-0.1, -0.05) is 6.07 Å². The summed E-state index contributed by atoms with van der Waals surface area (Å²) in [4.78, 5) is 23.9. The standard InChI is InChI=1S/C16H17F2NO3/c1-22-14(21)16(7-8-16)13(20)19-9-15(5-6-15)12-10(17)3-2-4-11(12)18/h2-4H,5-9H2,1H3,(H,19,20). The second kappa shape index (κ2) is 5.04. The number of carbonyl (C=O) groups is 2. The van der Waals surface area contributed by atoms with E-state index in [0.717, 1.165) is 0 Å². The number of rotatable bonds is 5. The molecule has 0 radical (unpaired) electrons. The minimum atomic E-state index is -1.10. The zero-order valence-corrected chi connectivity index (χ0v) is 12.2. The van der Waals surface area contributed by atoms with Gasteiger partial charge in [0.1, 0.15) is 17.0 Å². The molecule has 6 heteroatoms. The molecule has 0 bridgehead atoms. The van der Waals surface area contributed by atoms with Crippen LogP contribution in [0.5, 0.6) is 0 Å². The Kier molecular flexibility index (Phi) is 3.42. The first-order valence-corrected chi connectivity index (χ1v) is 7.26. The average molecular weight is 309 g/mol. The molecule has 22 heavy (non-hydrogen) atoms. The maximum Gasteiger partial charge on any atom is 0.321 e. The van der Waals surface area contributed by atoms with Gasteiger partial charge in [-0.25, -0.2) is 8.78 Å². The molecule has 2 fully saturated rings. The Morgan fingerprint density at radius 1 is 1.18 bits per heavy atom. The van der Waals surface area contributed by atoms with Gasteiger partial charge in [-0.3, -0.25) is 9.59 Å². The van der Waals surface area contributed by atoms with Crippen LogP contribution in [0.3, 0.4) is 0 Å². The van der Waals surface area contributed by atoms with E-state index in [1.165, 1.54) is 25.3 Å². The van der Waals surface area contributed by atoms with E-state index < -0.39 is 34.3 Å². The highest BCUT2D eigenvalue weighted by atomic mass is 19.1. The number of amides is 1. The number of hydrogen-bond acceptors (Lipinski definition) is 3. The summed E-state index contributed by atoms with van der Waals surface area (Å²) in [7, 11) is 1.24. The quantitative estimate of drug-likeness (QED) is 0.669. The van der Waals surface area contributed by atoms with Crippen molar-refractivity contribution < 1.29 is 23.1 Å². The summed E-state index contributed by atoms with van der Waals surface area (Å²) < 4.78 is 32.5. The van der Waals surface area contributed by atoms with Crippen molar-refractivity contribution >= 4 is 11.9 Å². The minimum Gasteiger partial charge on any atom is -0.468 e. The third kappa shape index (κ3) is 2.26. The van der Waals surface area contributed by atoms with Crippen LogP contribution in [-0.2, 0) is 19.7 Å². The molecule has 1 N–H and O–H groups in total. The van der Waals surface area contributed by atoms with Crippen LogP contribution in [0.4, 0.5) is 8.78 Å². The molecule has 2 aliphatic carbocycles. The van der Waals surface area contributed by atoms with Crippen LogP contribution in [-0.4, -0.2) is 25.5 Å². The maximum atomic E-state index is 13.9. The summed E-state index contributed by atoms with van der Waals surface area (Å²) in [6.45, 7) is 0.127. The number of methoxy groups -OCH3 is 1. The number of halogens is 2. The highest BCUT2D eigenvalue weighted by Crippen LogP contribution is 2.51. The summed E-state index contributed by atoms with van der Waals surface area (Å²) in [6.07, 6.45) is 2.12. The van der Waals surface area contributed by atoms with E-state index in [-0.39, 0.29) is 12.1 Å². The molecule has 0 heterocycles. The molecular weight excluding hydrogens is 292 g/mol. The van der Waals surface area contributed by atoms with Crippen molar-refractivity contribution in [2.24, 2.45) is 5.41 Å². The molecule has 0 atom stereocenters. The van der Waals surface area contributed by atoms with E-state index >= 15 is 0 Å². The van der Waals surface area contributed by atoms with Crippen LogP contribution in [0, 0.1) is 17.0 Å². The Hall–Kier alpha value is -1.98. The third-order valence-electron chi connectivity index (χ3n) is 4.69. The topological polar surface area (TPSA) is 55.4 Å². The van der Waals surface area contributed by atoms with Crippen LogP contribution < -0.4 is 5.32 Å². The first kappa shape index (κ1) is 14.9. The highest BCUT2D eigenvalue weighted by molar-refractivity contribution is 6.05. The van der Waals surface area contributed by atoms with Crippen LogP contribution >= 0.6 is 0 Å². The van der Waals surface area contributed by atoms with Crippen molar-refractivity contribution in [1.82, 2.24) is 5.32 Å². The largest absolute Gasteiger partial charge is 0.468 e. The maximum absolute atomic E-state index is 13.9. The van der Waals surface area contributed by atoms with Gasteiger partial charge in [-0.15, -0.1) is 0 Å².